The molecule has 0 unspecified atom stereocenters. The highest BCUT2D eigenvalue weighted by Gasteiger charge is 2.13. The van der Waals surface area contributed by atoms with Crippen molar-refractivity contribution in [2.24, 2.45) is 0 Å². The quantitative estimate of drug-likeness (QED) is 0.569. The lowest BCUT2D eigenvalue weighted by Gasteiger charge is -2.04. The van der Waals surface area contributed by atoms with Gasteiger partial charge in [0.15, 0.2) is 5.13 Å². The lowest BCUT2D eigenvalue weighted by Crippen LogP contribution is -2.27. The van der Waals surface area contributed by atoms with Gasteiger partial charge in [-0.2, -0.15) is 0 Å². The van der Waals surface area contributed by atoms with Crippen LogP contribution in [0.4, 0.5) is 5.13 Å². The van der Waals surface area contributed by atoms with Crippen molar-refractivity contribution in [1.29, 1.82) is 0 Å². The van der Waals surface area contributed by atoms with E-state index >= 15 is 0 Å². The third-order valence-corrected chi connectivity index (χ3v) is 3.00. The lowest BCUT2D eigenvalue weighted by atomic mass is 10.4. The maximum atomic E-state index is 11.7. The molecule has 0 aliphatic heterocycles. The molecule has 0 saturated carbocycles. The molecule has 17 heavy (non-hydrogen) atoms. The van der Waals surface area contributed by atoms with Crippen molar-refractivity contribution in [3.8, 4) is 0 Å². The van der Waals surface area contributed by atoms with Gasteiger partial charge in [-0.05, 0) is 13.3 Å². The molecule has 0 aliphatic rings. The number of aryl methyl sites for hydroxylation is 1. The number of nitrogen functional groups attached to an aromatic ring is 1. The highest BCUT2D eigenvalue weighted by atomic mass is 32.1. The molecule has 0 spiro atoms. The Bertz CT molecular complexity index is 390. The summed E-state index contributed by atoms with van der Waals surface area (Å²) in [5, 5.41) is 3.17. The molecule has 0 aliphatic carbocycles. The molecular formula is C11H17N3O2S. The number of carbonyl (C=O) groups excluding carboxylic acids is 1. The van der Waals surface area contributed by atoms with Crippen LogP contribution in [0.5, 0.6) is 0 Å². The van der Waals surface area contributed by atoms with Gasteiger partial charge in [-0.1, -0.05) is 17.4 Å². The number of ether oxygens (including phenoxy) is 1. The second-order valence-corrected chi connectivity index (χ2v) is 4.44. The maximum absolute atomic E-state index is 11.7. The molecule has 1 aromatic rings. The van der Waals surface area contributed by atoms with Gasteiger partial charge in [0.25, 0.3) is 5.91 Å². The predicted molar refractivity (Wildman–Crippen MR) is 69.2 cm³/mol. The minimum atomic E-state index is -0.149. The van der Waals surface area contributed by atoms with Crippen LogP contribution in [-0.2, 0) is 4.74 Å². The first kappa shape index (κ1) is 13.7. The summed E-state index contributed by atoms with van der Waals surface area (Å²) in [7, 11) is 0. The number of carbonyl (C=O) groups is 1. The molecule has 0 radical (unpaired) electrons. The Balaban J connectivity index is 2.26. The minimum absolute atomic E-state index is 0.149. The molecule has 1 heterocycles. The topological polar surface area (TPSA) is 77.2 Å². The van der Waals surface area contributed by atoms with Gasteiger partial charge < -0.3 is 15.8 Å². The summed E-state index contributed by atoms with van der Waals surface area (Å²) >= 11 is 1.19. The number of nitrogens with two attached hydrogens (primary N) is 1. The zero-order valence-corrected chi connectivity index (χ0v) is 10.7. The highest BCUT2D eigenvalue weighted by Crippen LogP contribution is 2.18. The molecule has 0 fully saturated rings. The van der Waals surface area contributed by atoms with Gasteiger partial charge >= 0.3 is 0 Å². The Kier molecular flexibility index (Phi) is 5.65. The van der Waals surface area contributed by atoms with Crippen LogP contribution in [-0.4, -0.2) is 30.6 Å². The number of nitrogens with zero attached hydrogens (tertiary/aromatic N) is 1. The smallest absolute Gasteiger partial charge is 0.263 e. The summed E-state index contributed by atoms with van der Waals surface area (Å²) in [6.07, 6.45) is 2.61. The molecule has 0 aromatic carbocycles. The van der Waals surface area contributed by atoms with E-state index in [4.69, 9.17) is 10.5 Å². The van der Waals surface area contributed by atoms with Gasteiger partial charge in [-0.3, -0.25) is 4.79 Å². The van der Waals surface area contributed by atoms with Crippen molar-refractivity contribution in [1.82, 2.24) is 10.3 Å². The predicted octanol–water partition coefficient (Wildman–Crippen LogP) is 1.36. The van der Waals surface area contributed by atoms with Gasteiger partial charge in [0, 0.05) is 6.54 Å². The van der Waals surface area contributed by atoms with E-state index in [9.17, 15) is 4.79 Å². The van der Waals surface area contributed by atoms with Crippen LogP contribution in [0.3, 0.4) is 0 Å². The molecule has 1 aromatic heterocycles. The van der Waals surface area contributed by atoms with Crippen LogP contribution in [0.25, 0.3) is 0 Å². The number of hydrogen-bond donors (Lipinski definition) is 2. The van der Waals surface area contributed by atoms with Crippen molar-refractivity contribution >= 4 is 22.4 Å². The van der Waals surface area contributed by atoms with Crippen molar-refractivity contribution in [3.63, 3.8) is 0 Å². The highest BCUT2D eigenvalue weighted by molar-refractivity contribution is 7.17. The minimum Gasteiger partial charge on any atom is -0.379 e. The molecule has 6 heteroatoms. The van der Waals surface area contributed by atoms with E-state index in [2.05, 4.69) is 16.9 Å². The fourth-order valence-corrected chi connectivity index (χ4v) is 1.96. The van der Waals surface area contributed by atoms with E-state index < -0.39 is 0 Å². The summed E-state index contributed by atoms with van der Waals surface area (Å²) in [6, 6.07) is 0. The van der Waals surface area contributed by atoms with Crippen LogP contribution in [0.15, 0.2) is 12.7 Å². The Morgan fingerprint density at radius 2 is 2.41 bits per heavy atom. The molecular weight excluding hydrogens is 238 g/mol. The fourth-order valence-electron chi connectivity index (χ4n) is 1.21. The molecule has 3 N–H and O–H groups in total. The van der Waals surface area contributed by atoms with Crippen molar-refractivity contribution in [2.75, 3.05) is 25.5 Å². The molecule has 1 amide bonds. The first-order valence-electron chi connectivity index (χ1n) is 5.35. The van der Waals surface area contributed by atoms with E-state index in [0.717, 1.165) is 6.42 Å². The average Bonchev–Trinajstić information content (AvgIpc) is 2.62. The Labute approximate surface area is 105 Å². The van der Waals surface area contributed by atoms with Crippen LogP contribution in [0.2, 0.25) is 0 Å². The van der Waals surface area contributed by atoms with Gasteiger partial charge in [-0.25, -0.2) is 4.98 Å². The van der Waals surface area contributed by atoms with Gasteiger partial charge in [0.1, 0.15) is 4.88 Å². The summed E-state index contributed by atoms with van der Waals surface area (Å²) < 4.78 is 5.27. The molecule has 0 saturated heterocycles. The third-order valence-electron chi connectivity index (χ3n) is 2.02. The zero-order chi connectivity index (χ0) is 12.7. The van der Waals surface area contributed by atoms with E-state index in [0.29, 0.717) is 35.5 Å². The molecule has 94 valence electrons. The monoisotopic (exact) mass is 255 g/mol. The average molecular weight is 255 g/mol. The summed E-state index contributed by atoms with van der Waals surface area (Å²) in [4.78, 5) is 16.3. The Hall–Kier alpha value is -1.40. The van der Waals surface area contributed by atoms with E-state index in [1.165, 1.54) is 11.3 Å². The number of rotatable bonds is 7. The standard InChI is InChI=1S/C11H17N3O2S/c1-3-4-6-16-7-5-13-10(15)9-8(2)14-11(12)17-9/h3H,1,4-7H2,2H3,(H2,12,14)(H,13,15). The summed E-state index contributed by atoms with van der Waals surface area (Å²) in [5.74, 6) is -0.149. The second kappa shape index (κ2) is 7.03. The molecule has 0 bridgehead atoms. The normalized spacial score (nSPS) is 10.2. The number of nitrogens with one attached hydrogen (secondary N) is 1. The van der Waals surface area contributed by atoms with Crippen LogP contribution >= 0.6 is 11.3 Å². The molecule has 5 nitrogen and oxygen atoms in total. The van der Waals surface area contributed by atoms with Crippen LogP contribution in [0.1, 0.15) is 21.8 Å². The van der Waals surface area contributed by atoms with Gasteiger partial charge in [-0.15, -0.1) is 6.58 Å². The van der Waals surface area contributed by atoms with E-state index in [1.54, 1.807) is 13.0 Å². The summed E-state index contributed by atoms with van der Waals surface area (Å²) in [6.45, 7) is 6.96. The molecule has 0 atom stereocenters. The van der Waals surface area contributed by atoms with Gasteiger partial charge in [0.05, 0.1) is 18.9 Å². The Morgan fingerprint density at radius 3 is 3.00 bits per heavy atom. The van der Waals surface area contributed by atoms with E-state index in [-0.39, 0.29) is 5.91 Å². The number of hydrogen-bond acceptors (Lipinski definition) is 5. The van der Waals surface area contributed by atoms with Crippen molar-refractivity contribution < 1.29 is 9.53 Å². The van der Waals surface area contributed by atoms with Crippen LogP contribution in [0, 0.1) is 6.92 Å². The number of thiazole rings is 1. The number of amides is 1. The number of aromatic nitrogens is 1. The van der Waals surface area contributed by atoms with Crippen molar-refractivity contribution in [2.45, 2.75) is 13.3 Å². The first-order valence-corrected chi connectivity index (χ1v) is 6.16. The maximum Gasteiger partial charge on any atom is 0.263 e. The number of anilines is 1. The summed E-state index contributed by atoms with van der Waals surface area (Å²) in [5.41, 5.74) is 6.18. The SMILES string of the molecule is C=CCCOCCNC(=O)c1sc(N)nc1C. The lowest BCUT2D eigenvalue weighted by molar-refractivity contribution is 0.0921. The largest absolute Gasteiger partial charge is 0.379 e. The molecule has 1 rings (SSSR count). The fraction of sp³-hybridized carbons (Fsp3) is 0.455. The Morgan fingerprint density at radius 1 is 1.65 bits per heavy atom. The third kappa shape index (κ3) is 4.54. The van der Waals surface area contributed by atoms with E-state index in [1.807, 2.05) is 0 Å². The van der Waals surface area contributed by atoms with Crippen LogP contribution < -0.4 is 11.1 Å². The second-order valence-electron chi connectivity index (χ2n) is 3.41. The van der Waals surface area contributed by atoms with Crippen molar-refractivity contribution in [3.05, 3.63) is 23.2 Å². The zero-order valence-electron chi connectivity index (χ0n) is 9.86. The first-order chi connectivity index (χ1) is 8.15. The van der Waals surface area contributed by atoms with Gasteiger partial charge in [0.2, 0.25) is 0 Å².